The van der Waals surface area contributed by atoms with Crippen molar-refractivity contribution in [1.29, 1.82) is 0 Å². The van der Waals surface area contributed by atoms with E-state index in [0.717, 1.165) is 45.9 Å². The monoisotopic (exact) mass is 261 g/mol. The third-order valence-corrected chi connectivity index (χ3v) is 3.97. The predicted molar refractivity (Wildman–Crippen MR) is 77.6 cm³/mol. The van der Waals surface area contributed by atoms with Gasteiger partial charge in [0.05, 0.1) is 12.7 Å². The number of hydrogen-bond donors (Lipinski definition) is 1. The lowest BCUT2D eigenvalue weighted by atomic mass is 10.1. The zero-order valence-corrected chi connectivity index (χ0v) is 11.6. The van der Waals surface area contributed by atoms with Crippen molar-refractivity contribution in [3.8, 4) is 0 Å². The van der Waals surface area contributed by atoms with Gasteiger partial charge in [-0.1, -0.05) is 18.2 Å². The molecule has 0 aromatic heterocycles. The molecular formula is C15H23N3O. The zero-order chi connectivity index (χ0) is 13.1. The molecule has 2 heterocycles. The highest BCUT2D eigenvalue weighted by Gasteiger charge is 2.22. The van der Waals surface area contributed by atoms with Gasteiger partial charge in [0.15, 0.2) is 0 Å². The molecule has 104 valence electrons. The summed E-state index contributed by atoms with van der Waals surface area (Å²) in [7, 11) is 2.17. The lowest BCUT2D eigenvalue weighted by Crippen LogP contribution is -2.46. The number of rotatable bonds is 2. The van der Waals surface area contributed by atoms with Gasteiger partial charge in [0.2, 0.25) is 0 Å². The number of fused-ring (bicyclic) bond motifs is 1. The Labute approximate surface area is 115 Å². The largest absolute Gasteiger partial charge is 0.374 e. The van der Waals surface area contributed by atoms with Crippen molar-refractivity contribution in [1.82, 2.24) is 10.2 Å². The maximum atomic E-state index is 5.90. The second-order valence-electron chi connectivity index (χ2n) is 5.51. The molecule has 19 heavy (non-hydrogen) atoms. The number of likely N-dealkylation sites (N-methyl/N-ethyl adjacent to an activating group) is 1. The van der Waals surface area contributed by atoms with Crippen molar-refractivity contribution < 1.29 is 4.74 Å². The van der Waals surface area contributed by atoms with Crippen molar-refractivity contribution in [2.75, 3.05) is 51.3 Å². The molecule has 0 saturated carbocycles. The number of anilines is 1. The van der Waals surface area contributed by atoms with Crippen LogP contribution in [0.2, 0.25) is 0 Å². The van der Waals surface area contributed by atoms with Crippen LogP contribution in [0.3, 0.4) is 0 Å². The minimum absolute atomic E-state index is 0.324. The van der Waals surface area contributed by atoms with E-state index in [1.54, 1.807) is 0 Å². The SMILES string of the molecule is CN1CCOC(CN2CCNCc3ccccc32)C1. The first kappa shape index (κ1) is 12.9. The Morgan fingerprint density at radius 1 is 1.32 bits per heavy atom. The Hall–Kier alpha value is -1.10. The highest BCUT2D eigenvalue weighted by molar-refractivity contribution is 5.54. The molecule has 4 nitrogen and oxygen atoms in total. The van der Waals surface area contributed by atoms with Crippen LogP contribution in [0.5, 0.6) is 0 Å². The van der Waals surface area contributed by atoms with E-state index in [1.807, 2.05) is 0 Å². The maximum absolute atomic E-state index is 5.90. The summed E-state index contributed by atoms with van der Waals surface area (Å²) in [6, 6.07) is 8.70. The van der Waals surface area contributed by atoms with Gasteiger partial charge in [-0.15, -0.1) is 0 Å². The van der Waals surface area contributed by atoms with Gasteiger partial charge in [-0.2, -0.15) is 0 Å². The summed E-state index contributed by atoms with van der Waals surface area (Å²) in [5, 5.41) is 3.49. The molecule has 2 aliphatic rings. The molecule has 0 radical (unpaired) electrons. The normalized spacial score (nSPS) is 24.9. The molecule has 3 rings (SSSR count). The molecule has 0 spiro atoms. The van der Waals surface area contributed by atoms with Gasteiger partial charge in [0.1, 0.15) is 0 Å². The van der Waals surface area contributed by atoms with E-state index >= 15 is 0 Å². The molecule has 1 unspecified atom stereocenters. The Kier molecular flexibility index (Phi) is 4.01. The first-order valence-corrected chi connectivity index (χ1v) is 7.16. The predicted octanol–water partition coefficient (Wildman–Crippen LogP) is 0.927. The van der Waals surface area contributed by atoms with E-state index in [4.69, 9.17) is 4.74 Å². The van der Waals surface area contributed by atoms with Crippen LogP contribution in [0.1, 0.15) is 5.56 Å². The van der Waals surface area contributed by atoms with E-state index in [1.165, 1.54) is 11.3 Å². The van der Waals surface area contributed by atoms with Crippen LogP contribution in [-0.2, 0) is 11.3 Å². The second kappa shape index (κ2) is 5.90. The molecule has 1 fully saturated rings. The second-order valence-corrected chi connectivity index (χ2v) is 5.51. The lowest BCUT2D eigenvalue weighted by Gasteiger charge is -2.34. The van der Waals surface area contributed by atoms with Crippen LogP contribution >= 0.6 is 0 Å². The van der Waals surface area contributed by atoms with E-state index in [2.05, 4.69) is 46.4 Å². The summed E-state index contributed by atoms with van der Waals surface area (Å²) >= 11 is 0. The van der Waals surface area contributed by atoms with Gasteiger partial charge in [0.25, 0.3) is 0 Å². The number of ether oxygens (including phenoxy) is 1. The molecule has 1 N–H and O–H groups in total. The topological polar surface area (TPSA) is 27.7 Å². The Morgan fingerprint density at radius 3 is 3.11 bits per heavy atom. The first-order valence-electron chi connectivity index (χ1n) is 7.16. The lowest BCUT2D eigenvalue weighted by molar-refractivity contribution is -0.0147. The number of benzene rings is 1. The summed E-state index contributed by atoms with van der Waals surface area (Å²) in [5.41, 5.74) is 2.76. The summed E-state index contributed by atoms with van der Waals surface area (Å²) in [6.07, 6.45) is 0.324. The molecule has 0 bridgehead atoms. The zero-order valence-electron chi connectivity index (χ0n) is 11.6. The van der Waals surface area contributed by atoms with Gasteiger partial charge in [-0.25, -0.2) is 0 Å². The molecule has 1 atom stereocenters. The quantitative estimate of drug-likeness (QED) is 0.857. The number of hydrogen-bond acceptors (Lipinski definition) is 4. The van der Waals surface area contributed by atoms with Gasteiger partial charge >= 0.3 is 0 Å². The molecule has 1 aromatic carbocycles. The molecule has 0 amide bonds. The number of nitrogens with zero attached hydrogens (tertiary/aromatic N) is 2. The molecule has 2 aliphatic heterocycles. The fourth-order valence-electron chi connectivity index (χ4n) is 2.94. The van der Waals surface area contributed by atoms with Crippen LogP contribution < -0.4 is 10.2 Å². The van der Waals surface area contributed by atoms with E-state index in [9.17, 15) is 0 Å². The van der Waals surface area contributed by atoms with Crippen molar-refractivity contribution in [2.45, 2.75) is 12.6 Å². The van der Waals surface area contributed by atoms with Crippen LogP contribution in [0, 0.1) is 0 Å². The number of morpholine rings is 1. The molecule has 1 aromatic rings. The Bertz CT molecular complexity index is 424. The van der Waals surface area contributed by atoms with Gasteiger partial charge < -0.3 is 19.9 Å². The molecule has 1 saturated heterocycles. The van der Waals surface area contributed by atoms with E-state index in [0.29, 0.717) is 6.10 Å². The van der Waals surface area contributed by atoms with E-state index in [-0.39, 0.29) is 0 Å². The molecular weight excluding hydrogens is 238 g/mol. The minimum atomic E-state index is 0.324. The Balaban J connectivity index is 1.73. The van der Waals surface area contributed by atoms with Crippen LogP contribution in [0.15, 0.2) is 24.3 Å². The first-order chi connectivity index (χ1) is 9.33. The fourth-order valence-corrected chi connectivity index (χ4v) is 2.94. The van der Waals surface area contributed by atoms with E-state index < -0.39 is 0 Å². The molecule has 4 heteroatoms. The summed E-state index contributed by atoms with van der Waals surface area (Å²) in [4.78, 5) is 4.83. The average molecular weight is 261 g/mol. The average Bonchev–Trinajstić information content (AvgIpc) is 2.62. The van der Waals surface area contributed by atoms with Gasteiger partial charge in [-0.3, -0.25) is 0 Å². The fraction of sp³-hybridized carbons (Fsp3) is 0.600. The maximum Gasteiger partial charge on any atom is 0.0877 e. The highest BCUT2D eigenvalue weighted by atomic mass is 16.5. The van der Waals surface area contributed by atoms with Crippen LogP contribution in [0.4, 0.5) is 5.69 Å². The smallest absolute Gasteiger partial charge is 0.0877 e. The van der Waals surface area contributed by atoms with Crippen LogP contribution in [-0.4, -0.2) is 57.4 Å². The summed E-state index contributed by atoms with van der Waals surface area (Å²) in [6.45, 7) is 6.99. The van der Waals surface area contributed by atoms with Gasteiger partial charge in [0, 0.05) is 45.0 Å². The summed E-state index contributed by atoms with van der Waals surface area (Å²) in [5.74, 6) is 0. The van der Waals surface area contributed by atoms with Crippen molar-refractivity contribution in [3.63, 3.8) is 0 Å². The number of para-hydroxylation sites is 1. The van der Waals surface area contributed by atoms with Crippen molar-refractivity contribution >= 4 is 5.69 Å². The third-order valence-electron chi connectivity index (χ3n) is 3.97. The van der Waals surface area contributed by atoms with Crippen molar-refractivity contribution in [2.24, 2.45) is 0 Å². The molecule has 0 aliphatic carbocycles. The number of nitrogens with one attached hydrogen (secondary N) is 1. The third kappa shape index (κ3) is 3.08. The Morgan fingerprint density at radius 2 is 2.21 bits per heavy atom. The van der Waals surface area contributed by atoms with Crippen LogP contribution in [0.25, 0.3) is 0 Å². The minimum Gasteiger partial charge on any atom is -0.374 e. The van der Waals surface area contributed by atoms with Crippen molar-refractivity contribution in [3.05, 3.63) is 29.8 Å². The summed E-state index contributed by atoms with van der Waals surface area (Å²) < 4.78 is 5.90. The standard InChI is InChI=1S/C15H23N3O/c1-17-8-9-19-14(11-17)12-18-7-6-16-10-13-4-2-3-5-15(13)18/h2-5,14,16H,6-12H2,1H3. The van der Waals surface area contributed by atoms with Gasteiger partial charge in [-0.05, 0) is 18.7 Å². The highest BCUT2D eigenvalue weighted by Crippen LogP contribution is 2.22.